The van der Waals surface area contributed by atoms with Gasteiger partial charge in [0.05, 0.1) is 6.10 Å². The molecule has 0 atom stereocenters. The number of carbonyl (C=O) groups excluding carboxylic acids is 1. The highest BCUT2D eigenvalue weighted by Crippen LogP contribution is 2.47. The van der Waals surface area contributed by atoms with E-state index in [-0.39, 0.29) is 11.4 Å². The third-order valence-corrected chi connectivity index (χ3v) is 5.27. The van der Waals surface area contributed by atoms with Crippen molar-refractivity contribution in [3.05, 3.63) is 34.9 Å². The van der Waals surface area contributed by atoms with E-state index in [0.717, 1.165) is 50.4 Å². The second kappa shape index (κ2) is 7.10. The van der Waals surface area contributed by atoms with E-state index in [2.05, 4.69) is 17.4 Å². The van der Waals surface area contributed by atoms with Gasteiger partial charge in [-0.05, 0) is 50.3 Å². The molecule has 1 heterocycles. The van der Waals surface area contributed by atoms with Crippen molar-refractivity contribution in [1.82, 2.24) is 10.2 Å². The standard InChI is InChI=1S/C18H25ClN2O2/c1-2-23-16-7-11-21(12-8-16)17(22)20-13-18(9-10-18)14-3-5-15(19)6-4-14/h3-6,16H,2,7-13H2,1H3,(H,20,22). The van der Waals surface area contributed by atoms with Gasteiger partial charge in [-0.2, -0.15) is 0 Å². The summed E-state index contributed by atoms with van der Waals surface area (Å²) in [6.45, 7) is 5.04. The lowest BCUT2D eigenvalue weighted by molar-refractivity contribution is 0.0220. The minimum absolute atomic E-state index is 0.0557. The molecule has 1 aliphatic heterocycles. The third-order valence-electron chi connectivity index (χ3n) is 5.02. The summed E-state index contributed by atoms with van der Waals surface area (Å²) in [6, 6.07) is 8.07. The molecule has 1 aromatic carbocycles. The Balaban J connectivity index is 1.49. The SMILES string of the molecule is CCOC1CCN(C(=O)NCC2(c3ccc(Cl)cc3)CC2)CC1. The minimum Gasteiger partial charge on any atom is -0.378 e. The summed E-state index contributed by atoms with van der Waals surface area (Å²) >= 11 is 5.96. The van der Waals surface area contributed by atoms with Crippen molar-refractivity contribution in [2.24, 2.45) is 0 Å². The van der Waals surface area contributed by atoms with Crippen LogP contribution in [0.4, 0.5) is 4.79 Å². The Labute approximate surface area is 143 Å². The Morgan fingerprint density at radius 1 is 1.30 bits per heavy atom. The summed E-state index contributed by atoms with van der Waals surface area (Å²) in [6.07, 6.45) is 4.43. The monoisotopic (exact) mass is 336 g/mol. The first-order chi connectivity index (χ1) is 11.1. The predicted octanol–water partition coefficient (Wildman–Crippen LogP) is 3.58. The fourth-order valence-electron chi connectivity index (χ4n) is 3.34. The molecule has 2 aliphatic rings. The first kappa shape index (κ1) is 16.6. The molecule has 5 heteroatoms. The molecule has 23 heavy (non-hydrogen) atoms. The minimum atomic E-state index is 0.0557. The van der Waals surface area contributed by atoms with Gasteiger partial charge >= 0.3 is 6.03 Å². The van der Waals surface area contributed by atoms with Crippen LogP contribution in [0.1, 0.15) is 38.2 Å². The average Bonchev–Trinajstić information content (AvgIpc) is 3.35. The van der Waals surface area contributed by atoms with Gasteiger partial charge in [0.2, 0.25) is 0 Å². The average molecular weight is 337 g/mol. The van der Waals surface area contributed by atoms with Gasteiger partial charge in [-0.15, -0.1) is 0 Å². The van der Waals surface area contributed by atoms with Gasteiger partial charge in [0, 0.05) is 36.7 Å². The van der Waals surface area contributed by atoms with E-state index in [4.69, 9.17) is 16.3 Å². The van der Waals surface area contributed by atoms with Crippen LogP contribution >= 0.6 is 11.6 Å². The van der Waals surface area contributed by atoms with Crippen molar-refractivity contribution in [2.45, 2.75) is 44.1 Å². The number of urea groups is 1. The molecular weight excluding hydrogens is 312 g/mol. The number of rotatable bonds is 5. The molecule has 0 bridgehead atoms. The van der Waals surface area contributed by atoms with Gasteiger partial charge in [0.25, 0.3) is 0 Å². The Morgan fingerprint density at radius 2 is 1.96 bits per heavy atom. The fourth-order valence-corrected chi connectivity index (χ4v) is 3.47. The van der Waals surface area contributed by atoms with Crippen molar-refractivity contribution in [2.75, 3.05) is 26.2 Å². The van der Waals surface area contributed by atoms with Crippen LogP contribution in [0.5, 0.6) is 0 Å². The summed E-state index contributed by atoms with van der Waals surface area (Å²) < 4.78 is 5.63. The summed E-state index contributed by atoms with van der Waals surface area (Å²) in [7, 11) is 0. The number of likely N-dealkylation sites (tertiary alicyclic amines) is 1. The molecule has 1 N–H and O–H groups in total. The lowest BCUT2D eigenvalue weighted by Gasteiger charge is -2.32. The van der Waals surface area contributed by atoms with E-state index >= 15 is 0 Å². The number of hydrogen-bond acceptors (Lipinski definition) is 2. The zero-order chi connectivity index (χ0) is 16.3. The maximum absolute atomic E-state index is 12.4. The van der Waals surface area contributed by atoms with Gasteiger partial charge in [-0.1, -0.05) is 23.7 Å². The zero-order valence-corrected chi connectivity index (χ0v) is 14.4. The Morgan fingerprint density at radius 3 is 2.52 bits per heavy atom. The number of amides is 2. The van der Waals surface area contributed by atoms with Gasteiger partial charge in [-0.25, -0.2) is 4.79 Å². The van der Waals surface area contributed by atoms with Crippen LogP contribution in [-0.2, 0) is 10.2 Å². The molecule has 3 rings (SSSR count). The van der Waals surface area contributed by atoms with E-state index in [1.165, 1.54) is 5.56 Å². The smallest absolute Gasteiger partial charge is 0.317 e. The Hall–Kier alpha value is -1.26. The van der Waals surface area contributed by atoms with Crippen molar-refractivity contribution in [3.8, 4) is 0 Å². The van der Waals surface area contributed by atoms with Crippen LogP contribution in [0.2, 0.25) is 5.02 Å². The molecule has 0 unspecified atom stereocenters. The van der Waals surface area contributed by atoms with Crippen LogP contribution in [0.25, 0.3) is 0 Å². The lowest BCUT2D eigenvalue weighted by Crippen LogP contribution is -2.47. The van der Waals surface area contributed by atoms with Gasteiger partial charge in [-0.3, -0.25) is 0 Å². The van der Waals surface area contributed by atoms with Crippen molar-refractivity contribution >= 4 is 17.6 Å². The largest absolute Gasteiger partial charge is 0.378 e. The fraction of sp³-hybridized carbons (Fsp3) is 0.611. The van der Waals surface area contributed by atoms with Gasteiger partial charge in [0.15, 0.2) is 0 Å². The molecule has 0 aromatic heterocycles. The predicted molar refractivity (Wildman–Crippen MR) is 92.0 cm³/mol. The molecule has 2 amide bonds. The summed E-state index contributed by atoms with van der Waals surface area (Å²) in [5.74, 6) is 0. The number of nitrogens with zero attached hydrogens (tertiary/aromatic N) is 1. The summed E-state index contributed by atoms with van der Waals surface area (Å²) in [5, 5.41) is 3.88. The molecule has 2 fully saturated rings. The number of nitrogens with one attached hydrogen (secondary N) is 1. The first-order valence-electron chi connectivity index (χ1n) is 8.53. The maximum atomic E-state index is 12.4. The number of carbonyl (C=O) groups is 1. The third kappa shape index (κ3) is 3.99. The van der Waals surface area contributed by atoms with Crippen LogP contribution in [-0.4, -0.2) is 43.3 Å². The molecule has 1 saturated carbocycles. The molecule has 4 nitrogen and oxygen atoms in total. The molecular formula is C18H25ClN2O2. The molecule has 126 valence electrons. The van der Waals surface area contributed by atoms with Crippen LogP contribution < -0.4 is 5.32 Å². The van der Waals surface area contributed by atoms with Crippen molar-refractivity contribution < 1.29 is 9.53 Å². The van der Waals surface area contributed by atoms with Crippen LogP contribution in [0.3, 0.4) is 0 Å². The van der Waals surface area contributed by atoms with Crippen molar-refractivity contribution in [3.63, 3.8) is 0 Å². The zero-order valence-electron chi connectivity index (χ0n) is 13.7. The highest BCUT2D eigenvalue weighted by Gasteiger charge is 2.44. The number of hydrogen-bond donors (Lipinski definition) is 1. The Kier molecular flexibility index (Phi) is 5.12. The second-order valence-electron chi connectivity index (χ2n) is 6.59. The number of halogens is 1. The van der Waals surface area contributed by atoms with E-state index in [1.807, 2.05) is 24.0 Å². The topological polar surface area (TPSA) is 41.6 Å². The maximum Gasteiger partial charge on any atom is 0.317 e. The summed E-state index contributed by atoms with van der Waals surface area (Å²) in [5.41, 5.74) is 1.39. The second-order valence-corrected chi connectivity index (χ2v) is 7.02. The Bertz CT molecular complexity index is 534. The number of ether oxygens (including phenoxy) is 1. The lowest BCUT2D eigenvalue weighted by atomic mass is 9.96. The number of piperidine rings is 1. The molecule has 1 aromatic rings. The van der Waals surface area contributed by atoms with E-state index in [1.54, 1.807) is 0 Å². The molecule has 0 spiro atoms. The highest BCUT2D eigenvalue weighted by atomic mass is 35.5. The van der Waals surface area contributed by atoms with E-state index in [9.17, 15) is 4.79 Å². The van der Waals surface area contributed by atoms with Crippen LogP contribution in [0.15, 0.2) is 24.3 Å². The molecule has 0 radical (unpaired) electrons. The van der Waals surface area contributed by atoms with Crippen LogP contribution in [0, 0.1) is 0 Å². The quantitative estimate of drug-likeness (QED) is 0.893. The molecule has 1 saturated heterocycles. The van der Waals surface area contributed by atoms with Gasteiger partial charge < -0.3 is 15.0 Å². The van der Waals surface area contributed by atoms with Crippen molar-refractivity contribution in [1.29, 1.82) is 0 Å². The molecule has 1 aliphatic carbocycles. The first-order valence-corrected chi connectivity index (χ1v) is 8.91. The normalized spacial score (nSPS) is 20.3. The number of benzene rings is 1. The highest BCUT2D eigenvalue weighted by molar-refractivity contribution is 6.30. The van der Waals surface area contributed by atoms with E-state index in [0.29, 0.717) is 12.6 Å². The van der Waals surface area contributed by atoms with E-state index < -0.39 is 0 Å². The van der Waals surface area contributed by atoms with Gasteiger partial charge in [0.1, 0.15) is 0 Å². The summed E-state index contributed by atoms with van der Waals surface area (Å²) in [4.78, 5) is 14.3.